The second-order valence-electron chi connectivity index (χ2n) is 13.5. The Hall–Kier alpha value is -5.68. The highest BCUT2D eigenvalue weighted by molar-refractivity contribution is 7.91. The molecule has 0 atom stereocenters. The number of hydrogen-bond donors (Lipinski definition) is 8. The van der Waals surface area contributed by atoms with Gasteiger partial charge in [-0.1, -0.05) is 6.07 Å². The number of azo groups is 1. The van der Waals surface area contributed by atoms with E-state index in [4.69, 9.17) is 13.8 Å². The zero-order valence-electron chi connectivity index (χ0n) is 34.4. The molecule has 0 amide bonds. The molecular weight excluding hydrogens is 1070 g/mol. The molecule has 0 radical (unpaired) electrons. The highest BCUT2D eigenvalue weighted by Crippen LogP contribution is 2.37. The number of sulfone groups is 2. The molecule has 376 valence electrons. The third kappa shape index (κ3) is 15.9. The van der Waals surface area contributed by atoms with Gasteiger partial charge in [-0.25, -0.2) is 25.2 Å². The normalized spacial score (nSPS) is 13.1. The lowest BCUT2D eigenvalue weighted by Gasteiger charge is -2.14. The number of ether oxygens (including phenoxy) is 1. The van der Waals surface area contributed by atoms with Gasteiger partial charge in [0.1, 0.15) is 15.5 Å². The van der Waals surface area contributed by atoms with Gasteiger partial charge in [-0.15, -0.1) is 0 Å². The van der Waals surface area contributed by atoms with Crippen LogP contribution in [-0.2, 0) is 79.2 Å². The standard InChI is InChI=1S/C32H34N8O22S7/c1-60-27-15-20(39-40-21-14-24-25(28(16-21)66(48,49)50)17-23(65(45,46)47)18-29(24)67(51,52)53)5-6-26(27)35-32-37-30(33-7-10-63(41,42)11-8-61-68(54,55)56)36-31(38-32)34-19-3-2-4-22(13-19)64(43,44)12-9-62-69(57,58)59/h2-6,13-18H,7-12H2,1H3,(H,45,46,47)(H,48,49,50)(H,51,52,53)(H,54,55,56)(H,57,58,59)(H3,33,34,35,36,37,38). The number of methoxy groups -OCH3 is 1. The van der Waals surface area contributed by atoms with Crippen LogP contribution in [0, 0.1) is 0 Å². The number of hydrogen-bond acceptors (Lipinski definition) is 25. The summed E-state index contributed by atoms with van der Waals surface area (Å²) in [5, 5.41) is 14.6. The van der Waals surface area contributed by atoms with Crippen LogP contribution in [-0.4, -0.2) is 141 Å². The van der Waals surface area contributed by atoms with E-state index >= 15 is 0 Å². The SMILES string of the molecule is COc1cc(N=Nc2cc(S(=O)(=O)O)c3cc(S(=O)(=O)O)cc(S(=O)(=O)O)c3c2)ccc1Nc1nc(NCCS(=O)(=O)CCOS(=O)(=O)O)nc(Nc2cccc(S(=O)(=O)CCOS(=O)(=O)O)c2)n1. The fourth-order valence-corrected chi connectivity index (χ4v) is 10.5. The molecule has 30 nitrogen and oxygen atoms in total. The van der Waals surface area contributed by atoms with Crippen LogP contribution in [0.15, 0.2) is 96.5 Å². The topological polar surface area (TPSA) is 467 Å². The first kappa shape index (κ1) is 54.3. The van der Waals surface area contributed by atoms with Crippen molar-refractivity contribution < 1.29 is 94.8 Å². The summed E-state index contributed by atoms with van der Waals surface area (Å²) in [5.74, 6) is -3.24. The lowest BCUT2D eigenvalue weighted by molar-refractivity contribution is 0.282. The molecule has 0 saturated carbocycles. The average Bonchev–Trinajstić information content (AvgIpc) is 3.20. The predicted molar refractivity (Wildman–Crippen MR) is 238 cm³/mol. The van der Waals surface area contributed by atoms with Gasteiger partial charge in [0, 0.05) is 29.1 Å². The lowest BCUT2D eigenvalue weighted by Crippen LogP contribution is -2.22. The Bertz CT molecular complexity index is 3660. The number of nitrogens with zero attached hydrogens (tertiary/aromatic N) is 5. The number of benzene rings is 4. The van der Waals surface area contributed by atoms with Gasteiger partial charge in [-0.05, 0) is 54.6 Å². The summed E-state index contributed by atoms with van der Waals surface area (Å²) < 4.78 is 227. The fraction of sp³-hybridized carbons (Fsp3) is 0.219. The molecule has 5 rings (SSSR count). The molecule has 1 aromatic heterocycles. The van der Waals surface area contributed by atoms with E-state index in [-0.39, 0.29) is 45.6 Å². The van der Waals surface area contributed by atoms with Crippen molar-refractivity contribution >= 4 is 122 Å². The number of rotatable bonds is 23. The van der Waals surface area contributed by atoms with E-state index in [0.29, 0.717) is 18.2 Å². The number of fused-ring (bicyclic) bond motifs is 1. The fourth-order valence-electron chi connectivity index (χ4n) is 5.59. The van der Waals surface area contributed by atoms with Crippen LogP contribution in [0.2, 0.25) is 0 Å². The van der Waals surface area contributed by atoms with Gasteiger partial charge in [0.15, 0.2) is 19.7 Å². The van der Waals surface area contributed by atoms with Crippen LogP contribution in [0.1, 0.15) is 0 Å². The van der Waals surface area contributed by atoms with Gasteiger partial charge < -0.3 is 20.7 Å². The first-order chi connectivity index (χ1) is 31.7. The largest absolute Gasteiger partial charge is 0.494 e. The second kappa shape index (κ2) is 20.7. The molecular formula is C32H34N8O22S7. The van der Waals surface area contributed by atoms with Crippen LogP contribution >= 0.6 is 0 Å². The molecule has 1 heterocycles. The number of aromatic nitrogens is 3. The molecule has 0 unspecified atom stereocenters. The summed E-state index contributed by atoms with van der Waals surface area (Å²) >= 11 is 0. The van der Waals surface area contributed by atoms with Gasteiger partial charge in [-0.3, -0.25) is 22.8 Å². The van der Waals surface area contributed by atoms with Gasteiger partial charge in [-0.2, -0.15) is 67.3 Å². The predicted octanol–water partition coefficient (Wildman–Crippen LogP) is 1.92. The van der Waals surface area contributed by atoms with Crippen molar-refractivity contribution in [3.05, 3.63) is 66.7 Å². The molecule has 0 aliphatic carbocycles. The second-order valence-corrected chi connectivity index (χ2v) is 24.2. The van der Waals surface area contributed by atoms with Crippen molar-refractivity contribution in [2.24, 2.45) is 10.2 Å². The Morgan fingerprint density at radius 3 is 1.71 bits per heavy atom. The minimum absolute atomic E-state index is 0.0199. The van der Waals surface area contributed by atoms with Crippen molar-refractivity contribution in [1.29, 1.82) is 0 Å². The molecule has 69 heavy (non-hydrogen) atoms. The smallest absolute Gasteiger partial charge is 0.397 e. The zero-order chi connectivity index (χ0) is 51.4. The van der Waals surface area contributed by atoms with Gasteiger partial charge in [0.2, 0.25) is 17.8 Å². The monoisotopic (exact) mass is 1110 g/mol. The van der Waals surface area contributed by atoms with Crippen molar-refractivity contribution in [3.8, 4) is 5.75 Å². The summed E-state index contributed by atoms with van der Waals surface area (Å²) in [4.78, 5) is 8.85. The average molecular weight is 1110 g/mol. The van der Waals surface area contributed by atoms with E-state index in [0.717, 1.165) is 12.1 Å². The molecule has 0 bridgehead atoms. The van der Waals surface area contributed by atoms with Crippen LogP contribution < -0.4 is 20.7 Å². The molecule has 8 N–H and O–H groups in total. The van der Waals surface area contributed by atoms with Crippen LogP contribution in [0.25, 0.3) is 10.8 Å². The van der Waals surface area contributed by atoms with E-state index in [9.17, 15) is 72.6 Å². The first-order valence-electron chi connectivity index (χ1n) is 18.2. The van der Waals surface area contributed by atoms with E-state index < -0.39 is 139 Å². The van der Waals surface area contributed by atoms with Crippen molar-refractivity contribution in [3.63, 3.8) is 0 Å². The molecule has 5 aromatic rings. The minimum atomic E-state index is -5.32. The molecule has 0 aliphatic rings. The van der Waals surface area contributed by atoms with Gasteiger partial charge in [0.05, 0.1) is 64.4 Å². The van der Waals surface area contributed by atoms with E-state index in [1.165, 1.54) is 43.5 Å². The van der Waals surface area contributed by atoms with Gasteiger partial charge >= 0.3 is 20.8 Å². The van der Waals surface area contributed by atoms with Crippen molar-refractivity contribution in [1.82, 2.24) is 15.0 Å². The summed E-state index contributed by atoms with van der Waals surface area (Å²) in [6.45, 7) is -2.20. The Morgan fingerprint density at radius 2 is 1.12 bits per heavy atom. The highest BCUT2D eigenvalue weighted by atomic mass is 32.3. The maximum Gasteiger partial charge on any atom is 0.397 e. The van der Waals surface area contributed by atoms with Crippen LogP contribution in [0.3, 0.4) is 0 Å². The highest BCUT2D eigenvalue weighted by Gasteiger charge is 2.26. The molecule has 0 spiro atoms. The summed E-state index contributed by atoms with van der Waals surface area (Å²) in [7, 11) is -32.6. The maximum atomic E-state index is 12.9. The van der Waals surface area contributed by atoms with E-state index in [1.807, 2.05) is 0 Å². The molecule has 0 fully saturated rings. The lowest BCUT2D eigenvalue weighted by atomic mass is 10.1. The zero-order valence-corrected chi connectivity index (χ0v) is 40.1. The first-order valence-corrected chi connectivity index (χ1v) is 28.7. The van der Waals surface area contributed by atoms with Crippen molar-refractivity contribution in [2.45, 2.75) is 19.6 Å². The van der Waals surface area contributed by atoms with Crippen LogP contribution in [0.4, 0.5) is 40.6 Å². The molecule has 0 aliphatic heterocycles. The quantitative estimate of drug-likeness (QED) is 0.0342. The number of nitrogens with one attached hydrogen (secondary N) is 3. The third-order valence-electron chi connectivity index (χ3n) is 8.51. The summed E-state index contributed by atoms with van der Waals surface area (Å²) in [6.07, 6.45) is 0. The third-order valence-corrected chi connectivity index (χ3v) is 15.3. The Labute approximate surface area is 392 Å². The van der Waals surface area contributed by atoms with E-state index in [1.54, 1.807) is 0 Å². The Kier molecular flexibility index (Phi) is 16.3. The Morgan fingerprint density at radius 1 is 0.551 bits per heavy atom. The summed E-state index contributed by atoms with van der Waals surface area (Å²) in [5.41, 5.74) is -0.367. The molecule has 4 aromatic carbocycles. The molecule has 0 saturated heterocycles. The summed E-state index contributed by atoms with van der Waals surface area (Å²) in [6, 6.07) is 11.3. The van der Waals surface area contributed by atoms with Crippen molar-refractivity contribution in [2.75, 3.05) is 60.1 Å². The van der Waals surface area contributed by atoms with Crippen LogP contribution in [0.5, 0.6) is 5.75 Å². The molecule has 37 heteroatoms. The minimum Gasteiger partial charge on any atom is -0.494 e. The Balaban J connectivity index is 1.48. The van der Waals surface area contributed by atoms with E-state index in [2.05, 4.69) is 49.5 Å². The number of anilines is 5. The maximum absolute atomic E-state index is 12.9. The van der Waals surface area contributed by atoms with Gasteiger partial charge in [0.25, 0.3) is 30.4 Å².